The minimum absolute atomic E-state index is 0.139. The van der Waals surface area contributed by atoms with Crippen molar-refractivity contribution in [2.75, 3.05) is 13.2 Å². The molecular weight excluding hydrogens is 325 g/mol. The van der Waals surface area contributed by atoms with Crippen molar-refractivity contribution >= 4 is 11.9 Å². The summed E-state index contributed by atoms with van der Waals surface area (Å²) in [6, 6.07) is 12.4. The second-order valence-electron chi connectivity index (χ2n) is 6.03. The average molecular weight is 343 g/mol. The molecule has 0 aromatic heterocycles. The zero-order chi connectivity index (χ0) is 18.0. The van der Waals surface area contributed by atoms with Crippen LogP contribution >= 0.6 is 0 Å². The largest absolute Gasteiger partial charge is 0.478 e. The van der Waals surface area contributed by atoms with Crippen LogP contribution in [0, 0.1) is 5.82 Å². The van der Waals surface area contributed by atoms with E-state index in [1.165, 1.54) is 12.1 Å². The Hall–Kier alpha value is -2.73. The topological polar surface area (TPSA) is 66.8 Å². The first-order valence-corrected chi connectivity index (χ1v) is 7.97. The third-order valence-electron chi connectivity index (χ3n) is 4.26. The van der Waals surface area contributed by atoms with Crippen LogP contribution in [0.2, 0.25) is 0 Å². The summed E-state index contributed by atoms with van der Waals surface area (Å²) in [7, 11) is 0. The summed E-state index contributed by atoms with van der Waals surface area (Å²) in [5.74, 6) is -2.55. The van der Waals surface area contributed by atoms with E-state index in [-0.39, 0.29) is 23.3 Å². The number of morpholine rings is 1. The van der Waals surface area contributed by atoms with E-state index in [0.717, 1.165) is 11.6 Å². The predicted molar refractivity (Wildman–Crippen MR) is 89.0 cm³/mol. The van der Waals surface area contributed by atoms with Gasteiger partial charge in [-0.05, 0) is 30.7 Å². The highest BCUT2D eigenvalue weighted by Gasteiger charge is 2.33. The lowest BCUT2D eigenvalue weighted by Gasteiger charge is -2.39. The first-order chi connectivity index (χ1) is 12.0. The molecule has 1 aliphatic heterocycles. The first-order valence-electron chi connectivity index (χ1n) is 7.97. The Kier molecular flexibility index (Phi) is 4.81. The molecule has 1 aliphatic rings. The number of hydrogen-bond acceptors (Lipinski definition) is 3. The minimum atomic E-state index is -1.24. The number of ether oxygens (including phenoxy) is 1. The van der Waals surface area contributed by atoms with Gasteiger partial charge in [-0.15, -0.1) is 0 Å². The monoisotopic (exact) mass is 343 g/mol. The van der Waals surface area contributed by atoms with E-state index in [4.69, 9.17) is 9.84 Å². The second-order valence-corrected chi connectivity index (χ2v) is 6.03. The molecule has 0 aliphatic carbocycles. The molecule has 1 N–H and O–H groups in total. The second kappa shape index (κ2) is 7.03. The Morgan fingerprint density at radius 2 is 1.92 bits per heavy atom. The van der Waals surface area contributed by atoms with Crippen molar-refractivity contribution in [1.82, 2.24) is 4.90 Å². The summed E-state index contributed by atoms with van der Waals surface area (Å²) >= 11 is 0. The van der Waals surface area contributed by atoms with Crippen LogP contribution in [0.1, 0.15) is 39.2 Å². The zero-order valence-electron chi connectivity index (χ0n) is 13.7. The molecule has 5 nitrogen and oxygen atoms in total. The van der Waals surface area contributed by atoms with Gasteiger partial charge in [0.1, 0.15) is 5.82 Å². The Balaban J connectivity index is 1.94. The van der Waals surface area contributed by atoms with Gasteiger partial charge in [-0.1, -0.05) is 30.3 Å². The van der Waals surface area contributed by atoms with E-state index in [1.807, 2.05) is 37.3 Å². The number of aromatic carboxylic acids is 1. The molecule has 3 rings (SSSR count). The van der Waals surface area contributed by atoms with E-state index in [9.17, 15) is 14.0 Å². The normalized spacial score (nSPS) is 20.3. The van der Waals surface area contributed by atoms with Crippen LogP contribution in [0.3, 0.4) is 0 Å². The number of halogens is 1. The van der Waals surface area contributed by atoms with E-state index in [0.29, 0.717) is 13.2 Å². The third kappa shape index (κ3) is 3.53. The van der Waals surface area contributed by atoms with Gasteiger partial charge in [0.15, 0.2) is 0 Å². The summed E-state index contributed by atoms with van der Waals surface area (Å²) in [4.78, 5) is 25.4. The Morgan fingerprint density at radius 3 is 2.56 bits per heavy atom. The Labute approximate surface area is 144 Å². The SMILES string of the molecule is CC1CN(C(=O)c2ccc(C(=O)O)cc2F)C(c2ccccc2)CO1. The van der Waals surface area contributed by atoms with Crippen LogP contribution in [-0.2, 0) is 4.74 Å². The molecule has 6 heteroatoms. The van der Waals surface area contributed by atoms with E-state index in [1.54, 1.807) is 4.90 Å². The van der Waals surface area contributed by atoms with Crippen molar-refractivity contribution in [3.05, 3.63) is 71.0 Å². The average Bonchev–Trinajstić information content (AvgIpc) is 2.61. The maximum absolute atomic E-state index is 14.3. The molecule has 2 aromatic carbocycles. The molecule has 1 heterocycles. The van der Waals surface area contributed by atoms with Crippen molar-refractivity contribution in [3.8, 4) is 0 Å². The molecule has 0 bridgehead atoms. The van der Waals surface area contributed by atoms with Crippen LogP contribution in [0.4, 0.5) is 4.39 Å². The quantitative estimate of drug-likeness (QED) is 0.930. The molecule has 2 atom stereocenters. The summed E-state index contributed by atoms with van der Waals surface area (Å²) in [5.41, 5.74) is 0.578. The van der Waals surface area contributed by atoms with Gasteiger partial charge in [-0.3, -0.25) is 4.79 Å². The fourth-order valence-corrected chi connectivity index (χ4v) is 2.95. The van der Waals surface area contributed by atoms with E-state index < -0.39 is 17.7 Å². The lowest BCUT2D eigenvalue weighted by molar-refractivity contribution is -0.0449. The molecule has 0 spiro atoms. The molecule has 2 aromatic rings. The van der Waals surface area contributed by atoms with E-state index >= 15 is 0 Å². The highest BCUT2D eigenvalue weighted by atomic mass is 19.1. The van der Waals surface area contributed by atoms with Gasteiger partial charge in [0.2, 0.25) is 0 Å². The molecule has 2 unspecified atom stereocenters. The van der Waals surface area contributed by atoms with Crippen molar-refractivity contribution in [2.24, 2.45) is 0 Å². The number of benzene rings is 2. The van der Waals surface area contributed by atoms with Crippen LogP contribution in [0.5, 0.6) is 0 Å². The molecule has 0 radical (unpaired) electrons. The maximum Gasteiger partial charge on any atom is 0.335 e. The maximum atomic E-state index is 14.3. The molecular formula is C19H18FNO4. The number of carboxylic acid groups (broad SMARTS) is 1. The number of carbonyl (C=O) groups excluding carboxylic acids is 1. The molecule has 130 valence electrons. The highest BCUT2D eigenvalue weighted by molar-refractivity contribution is 5.96. The predicted octanol–water partition coefficient (Wildman–Crippen LogP) is 3.13. The standard InChI is InChI=1S/C19H18FNO4/c1-12-10-21(17(11-25-12)13-5-3-2-4-6-13)18(22)15-8-7-14(19(23)24)9-16(15)20/h2-9,12,17H,10-11H2,1H3,(H,23,24). The summed E-state index contributed by atoms with van der Waals surface area (Å²) < 4.78 is 20.0. The molecule has 25 heavy (non-hydrogen) atoms. The number of rotatable bonds is 3. The zero-order valence-corrected chi connectivity index (χ0v) is 13.7. The van der Waals surface area contributed by atoms with Gasteiger partial charge in [-0.2, -0.15) is 0 Å². The third-order valence-corrected chi connectivity index (χ3v) is 4.26. The smallest absolute Gasteiger partial charge is 0.335 e. The minimum Gasteiger partial charge on any atom is -0.478 e. The van der Waals surface area contributed by atoms with Gasteiger partial charge < -0.3 is 14.7 Å². The summed E-state index contributed by atoms with van der Waals surface area (Å²) in [5, 5.41) is 8.93. The lowest BCUT2D eigenvalue weighted by Crippen LogP contribution is -2.47. The lowest BCUT2D eigenvalue weighted by atomic mass is 10.0. The van der Waals surface area contributed by atoms with Crippen LogP contribution in [0.25, 0.3) is 0 Å². The highest BCUT2D eigenvalue weighted by Crippen LogP contribution is 2.28. The number of carboxylic acids is 1. The van der Waals surface area contributed by atoms with Crippen molar-refractivity contribution < 1.29 is 23.8 Å². The van der Waals surface area contributed by atoms with Crippen molar-refractivity contribution in [2.45, 2.75) is 19.1 Å². The Bertz CT molecular complexity index is 793. The fraction of sp³-hybridized carbons (Fsp3) is 0.263. The van der Waals surface area contributed by atoms with Crippen LogP contribution in [-0.4, -0.2) is 41.1 Å². The van der Waals surface area contributed by atoms with Crippen molar-refractivity contribution in [3.63, 3.8) is 0 Å². The molecule has 1 saturated heterocycles. The summed E-state index contributed by atoms with van der Waals surface area (Å²) in [6.45, 7) is 2.51. The van der Waals surface area contributed by atoms with Crippen LogP contribution in [0.15, 0.2) is 48.5 Å². The molecule has 0 saturated carbocycles. The number of hydrogen-bond donors (Lipinski definition) is 1. The van der Waals surface area contributed by atoms with Gasteiger partial charge in [0, 0.05) is 6.54 Å². The van der Waals surface area contributed by atoms with Gasteiger partial charge >= 0.3 is 5.97 Å². The number of carbonyl (C=O) groups is 2. The van der Waals surface area contributed by atoms with E-state index in [2.05, 4.69) is 0 Å². The van der Waals surface area contributed by atoms with Crippen molar-refractivity contribution in [1.29, 1.82) is 0 Å². The first kappa shape index (κ1) is 17.1. The molecule has 1 fully saturated rings. The van der Waals surface area contributed by atoms with Crippen LogP contribution < -0.4 is 0 Å². The van der Waals surface area contributed by atoms with Gasteiger partial charge in [0.25, 0.3) is 5.91 Å². The molecule has 1 amide bonds. The number of amides is 1. The summed E-state index contributed by atoms with van der Waals surface area (Å²) in [6.07, 6.45) is -0.162. The fourth-order valence-electron chi connectivity index (χ4n) is 2.95. The van der Waals surface area contributed by atoms with Gasteiger partial charge in [-0.25, -0.2) is 9.18 Å². The number of nitrogens with zero attached hydrogens (tertiary/aromatic N) is 1. The van der Waals surface area contributed by atoms with Gasteiger partial charge in [0.05, 0.1) is 29.9 Å². The Morgan fingerprint density at radius 1 is 1.20 bits per heavy atom.